The summed E-state index contributed by atoms with van der Waals surface area (Å²) < 4.78 is 36.3. The Bertz CT molecular complexity index is 796. The van der Waals surface area contributed by atoms with Crippen molar-refractivity contribution in [2.45, 2.75) is 50.5 Å². The summed E-state index contributed by atoms with van der Waals surface area (Å²) in [4.78, 5) is 12.2. The van der Waals surface area contributed by atoms with Gasteiger partial charge >= 0.3 is 5.97 Å². The third-order valence-electron chi connectivity index (χ3n) is 4.87. The lowest BCUT2D eigenvalue weighted by atomic mass is 10.0. The zero-order valence-electron chi connectivity index (χ0n) is 16.5. The molecule has 0 bridgehead atoms. The summed E-state index contributed by atoms with van der Waals surface area (Å²) in [7, 11) is 1.60. The molecule has 7 heteroatoms. The Labute approximate surface area is 169 Å². The number of rotatable bonds is 5. The Morgan fingerprint density at radius 1 is 0.966 bits per heavy atom. The molecule has 29 heavy (non-hydrogen) atoms. The van der Waals surface area contributed by atoms with Gasteiger partial charge in [0.1, 0.15) is 41.3 Å². The third-order valence-corrected chi connectivity index (χ3v) is 4.87. The van der Waals surface area contributed by atoms with Gasteiger partial charge in [-0.15, -0.1) is 0 Å². The van der Waals surface area contributed by atoms with Crippen molar-refractivity contribution in [1.29, 1.82) is 0 Å². The van der Waals surface area contributed by atoms with E-state index in [1.165, 1.54) is 24.3 Å². The van der Waals surface area contributed by atoms with Gasteiger partial charge in [-0.25, -0.2) is 4.39 Å². The first-order valence-corrected chi connectivity index (χ1v) is 9.65. The zero-order valence-corrected chi connectivity index (χ0v) is 16.5. The van der Waals surface area contributed by atoms with Crippen LogP contribution in [0, 0.1) is 5.82 Å². The Hall–Kier alpha value is -2.80. The summed E-state index contributed by atoms with van der Waals surface area (Å²) in [6.45, 7) is 1.74. The van der Waals surface area contributed by atoms with E-state index in [2.05, 4.69) is 0 Å². The number of cyclic esters (lactones) is 1. The average Bonchev–Trinajstić information content (AvgIpc) is 2.76. The van der Waals surface area contributed by atoms with E-state index in [1.807, 2.05) is 12.1 Å². The molecule has 4 atom stereocenters. The van der Waals surface area contributed by atoms with Crippen LogP contribution in [-0.4, -0.2) is 37.4 Å². The molecule has 0 saturated carbocycles. The van der Waals surface area contributed by atoms with Crippen LogP contribution in [0.1, 0.15) is 26.2 Å². The van der Waals surface area contributed by atoms with Crippen LogP contribution in [0.4, 0.5) is 4.39 Å². The highest BCUT2D eigenvalue weighted by Crippen LogP contribution is 2.27. The van der Waals surface area contributed by atoms with Crippen molar-refractivity contribution < 1.29 is 28.1 Å². The van der Waals surface area contributed by atoms with E-state index in [-0.39, 0.29) is 5.82 Å². The van der Waals surface area contributed by atoms with Gasteiger partial charge in [0, 0.05) is 0 Å². The number of halogens is 1. The number of methoxy groups -OCH3 is 1. The quantitative estimate of drug-likeness (QED) is 0.770. The van der Waals surface area contributed by atoms with Gasteiger partial charge in [0.05, 0.1) is 7.11 Å². The highest BCUT2D eigenvalue weighted by Gasteiger charge is 2.36. The van der Waals surface area contributed by atoms with Crippen LogP contribution < -0.4 is 19.9 Å². The molecule has 0 radical (unpaired) electrons. The normalized spacial score (nSPS) is 25.2. The molecule has 2 N–H and O–H groups in total. The molecular formula is C22H26FNO5. The summed E-state index contributed by atoms with van der Waals surface area (Å²) >= 11 is 0. The maximum absolute atomic E-state index is 13.3. The Morgan fingerprint density at radius 3 is 2.21 bits per heavy atom. The number of hydrogen-bond acceptors (Lipinski definition) is 6. The van der Waals surface area contributed by atoms with Gasteiger partial charge in [-0.2, -0.15) is 0 Å². The van der Waals surface area contributed by atoms with Crippen molar-refractivity contribution in [3.63, 3.8) is 0 Å². The molecule has 1 aliphatic heterocycles. The minimum absolute atomic E-state index is 0.358. The molecule has 156 valence electrons. The summed E-state index contributed by atoms with van der Waals surface area (Å²) in [5.41, 5.74) is 5.91. The van der Waals surface area contributed by atoms with Gasteiger partial charge in [-0.05, 0) is 74.7 Å². The molecule has 1 heterocycles. The summed E-state index contributed by atoms with van der Waals surface area (Å²) in [5.74, 6) is 1.01. The molecule has 1 aliphatic rings. The molecule has 3 rings (SSSR count). The lowest BCUT2D eigenvalue weighted by Gasteiger charge is -2.31. The van der Waals surface area contributed by atoms with Gasteiger partial charge in [-0.1, -0.05) is 0 Å². The van der Waals surface area contributed by atoms with Crippen LogP contribution in [0.5, 0.6) is 17.2 Å². The fraction of sp³-hybridized carbons (Fsp3) is 0.409. The van der Waals surface area contributed by atoms with E-state index >= 15 is 0 Å². The molecule has 2 aromatic carbocycles. The molecule has 0 spiro atoms. The molecule has 0 aliphatic carbocycles. The molecule has 1 fully saturated rings. The summed E-state index contributed by atoms with van der Waals surface area (Å²) in [6, 6.07) is 12.3. The minimum atomic E-state index is -0.677. The van der Waals surface area contributed by atoms with Crippen LogP contribution in [-0.2, 0) is 9.53 Å². The molecular weight excluding hydrogens is 377 g/mol. The van der Waals surface area contributed by atoms with E-state index in [0.717, 1.165) is 5.75 Å². The largest absolute Gasteiger partial charge is 0.497 e. The monoisotopic (exact) mass is 403 g/mol. The predicted molar refractivity (Wildman–Crippen MR) is 106 cm³/mol. The molecule has 0 aromatic heterocycles. The van der Waals surface area contributed by atoms with E-state index in [0.29, 0.717) is 30.8 Å². The van der Waals surface area contributed by atoms with Crippen LogP contribution in [0.15, 0.2) is 48.5 Å². The average molecular weight is 403 g/mol. The second kappa shape index (κ2) is 9.60. The van der Waals surface area contributed by atoms with E-state index in [1.54, 1.807) is 26.2 Å². The fourth-order valence-electron chi connectivity index (χ4n) is 3.26. The van der Waals surface area contributed by atoms with E-state index < -0.39 is 30.3 Å². The van der Waals surface area contributed by atoms with Crippen molar-refractivity contribution >= 4 is 5.97 Å². The fourth-order valence-corrected chi connectivity index (χ4v) is 3.26. The van der Waals surface area contributed by atoms with Crippen molar-refractivity contribution in [3.8, 4) is 17.2 Å². The maximum Gasteiger partial charge on any atom is 0.323 e. The van der Waals surface area contributed by atoms with E-state index in [9.17, 15) is 9.18 Å². The Morgan fingerprint density at radius 2 is 1.55 bits per heavy atom. The van der Waals surface area contributed by atoms with Gasteiger partial charge in [0.2, 0.25) is 0 Å². The van der Waals surface area contributed by atoms with Crippen molar-refractivity contribution in [1.82, 2.24) is 0 Å². The first-order chi connectivity index (χ1) is 14.0. The van der Waals surface area contributed by atoms with Crippen LogP contribution >= 0.6 is 0 Å². The van der Waals surface area contributed by atoms with Crippen molar-refractivity contribution in [2.24, 2.45) is 5.73 Å². The van der Waals surface area contributed by atoms with Crippen molar-refractivity contribution in [2.75, 3.05) is 7.11 Å². The van der Waals surface area contributed by atoms with E-state index in [4.69, 9.17) is 24.7 Å². The second-order valence-corrected chi connectivity index (χ2v) is 7.05. The lowest BCUT2D eigenvalue weighted by molar-refractivity contribution is -0.156. The second-order valence-electron chi connectivity index (χ2n) is 7.05. The number of carbonyl (C=O) groups excluding carboxylic acids is 1. The third kappa shape index (κ3) is 5.60. The molecule has 6 nitrogen and oxygen atoms in total. The highest BCUT2D eigenvalue weighted by atomic mass is 19.1. The lowest BCUT2D eigenvalue weighted by Crippen LogP contribution is -2.46. The summed E-state index contributed by atoms with van der Waals surface area (Å²) in [5, 5.41) is 0. The SMILES string of the molecule is COc1ccc(O[C@H]2CCC[C@H](N)C(=O)O[C@@H](C)[C@@H]2Oc2ccc(F)cc2)cc1. The first-order valence-electron chi connectivity index (χ1n) is 9.65. The summed E-state index contributed by atoms with van der Waals surface area (Å²) in [6.07, 6.45) is 0.176. The number of nitrogens with two attached hydrogens (primary N) is 1. The zero-order chi connectivity index (χ0) is 20.8. The predicted octanol–water partition coefficient (Wildman–Crippen LogP) is 3.47. The van der Waals surface area contributed by atoms with Crippen LogP contribution in [0.3, 0.4) is 0 Å². The molecule has 0 unspecified atom stereocenters. The number of carbonyl (C=O) groups is 1. The van der Waals surface area contributed by atoms with Gasteiger partial charge in [0.15, 0.2) is 6.10 Å². The highest BCUT2D eigenvalue weighted by molar-refractivity contribution is 5.75. The molecule has 1 saturated heterocycles. The number of benzene rings is 2. The first kappa shape index (κ1) is 20.9. The number of ether oxygens (including phenoxy) is 4. The molecule has 0 amide bonds. The standard InChI is InChI=1S/C22H26FNO5/c1-14-21(29-18-8-6-15(23)7-9-18)20(5-3-4-19(24)22(25)27-14)28-17-12-10-16(26-2)11-13-17/h6-14,19-21H,3-5,24H2,1-2H3/t14-,19-,20-,21-/m0/s1. The Balaban J connectivity index is 1.85. The van der Waals surface area contributed by atoms with Crippen molar-refractivity contribution in [3.05, 3.63) is 54.3 Å². The molecule has 2 aromatic rings. The Kier molecular flexibility index (Phi) is 6.93. The topological polar surface area (TPSA) is 80.0 Å². The number of hydrogen-bond donors (Lipinski definition) is 1. The van der Waals surface area contributed by atoms with Crippen LogP contribution in [0.25, 0.3) is 0 Å². The number of esters is 1. The maximum atomic E-state index is 13.3. The van der Waals surface area contributed by atoms with Gasteiger partial charge in [-0.3, -0.25) is 4.79 Å². The van der Waals surface area contributed by atoms with Gasteiger partial charge in [0.25, 0.3) is 0 Å². The van der Waals surface area contributed by atoms with Gasteiger partial charge < -0.3 is 24.7 Å². The smallest absolute Gasteiger partial charge is 0.323 e. The van der Waals surface area contributed by atoms with Crippen LogP contribution in [0.2, 0.25) is 0 Å². The minimum Gasteiger partial charge on any atom is -0.497 e.